The standard InChI is InChI=1S/C23H24FN9O/c1-15-9-19(11-20-10-16(2)29-30-20)28-23(27-15)32-7-5-31(6-8-32)22(34)17-3-4-21(25-12-17)33-14-18(24)13-26-33/h3-4,9-10,12-14H,5-8,11H2,1-2H3,(H,29,30). The van der Waals surface area contributed by atoms with Crippen LogP contribution in [0.1, 0.15) is 33.1 Å². The van der Waals surface area contributed by atoms with Gasteiger partial charge in [0.05, 0.1) is 29.3 Å². The summed E-state index contributed by atoms with van der Waals surface area (Å²) in [5.41, 5.74) is 4.24. The first-order chi connectivity index (χ1) is 16.4. The van der Waals surface area contributed by atoms with Crippen LogP contribution in [0.2, 0.25) is 0 Å². The number of carbonyl (C=O) groups excluding carboxylic acids is 1. The lowest BCUT2D eigenvalue weighted by Crippen LogP contribution is -2.49. The number of H-pyrrole nitrogens is 1. The number of nitrogens with zero attached hydrogens (tertiary/aromatic N) is 8. The molecule has 0 radical (unpaired) electrons. The number of anilines is 1. The predicted octanol–water partition coefficient (Wildman–Crippen LogP) is 2.09. The van der Waals surface area contributed by atoms with Gasteiger partial charge in [0, 0.05) is 50.2 Å². The molecule has 0 aliphatic carbocycles. The van der Waals surface area contributed by atoms with E-state index in [2.05, 4.69) is 30.2 Å². The minimum absolute atomic E-state index is 0.0925. The number of carbonyl (C=O) groups is 1. The van der Waals surface area contributed by atoms with E-state index in [0.29, 0.717) is 49.9 Å². The summed E-state index contributed by atoms with van der Waals surface area (Å²) in [6, 6.07) is 7.32. The Balaban J connectivity index is 1.22. The Kier molecular flexibility index (Phi) is 5.74. The molecule has 1 aliphatic heterocycles. The van der Waals surface area contributed by atoms with E-state index in [1.807, 2.05) is 26.0 Å². The Morgan fingerprint density at radius 1 is 1.06 bits per heavy atom. The molecule has 34 heavy (non-hydrogen) atoms. The first-order valence-electron chi connectivity index (χ1n) is 11.0. The normalized spacial score (nSPS) is 14.0. The van der Waals surface area contributed by atoms with Crippen molar-refractivity contribution in [2.75, 3.05) is 31.1 Å². The summed E-state index contributed by atoms with van der Waals surface area (Å²) in [7, 11) is 0. The molecule has 5 rings (SSSR count). The third-order valence-electron chi connectivity index (χ3n) is 5.65. The highest BCUT2D eigenvalue weighted by Gasteiger charge is 2.24. The first-order valence-corrected chi connectivity index (χ1v) is 11.0. The molecule has 0 unspecified atom stereocenters. The van der Waals surface area contributed by atoms with Crippen LogP contribution in [0.5, 0.6) is 0 Å². The average Bonchev–Trinajstić information content (AvgIpc) is 3.46. The summed E-state index contributed by atoms with van der Waals surface area (Å²) in [6.07, 6.45) is 4.47. The zero-order valence-electron chi connectivity index (χ0n) is 18.9. The van der Waals surface area contributed by atoms with Crippen LogP contribution in [0.15, 0.2) is 42.9 Å². The van der Waals surface area contributed by atoms with Crippen LogP contribution in [-0.2, 0) is 6.42 Å². The highest BCUT2D eigenvalue weighted by Crippen LogP contribution is 2.17. The van der Waals surface area contributed by atoms with E-state index in [0.717, 1.165) is 29.0 Å². The maximum Gasteiger partial charge on any atom is 0.255 e. The molecule has 1 N–H and O–H groups in total. The minimum atomic E-state index is -0.444. The highest BCUT2D eigenvalue weighted by molar-refractivity contribution is 5.94. The van der Waals surface area contributed by atoms with E-state index in [-0.39, 0.29) is 5.91 Å². The zero-order valence-corrected chi connectivity index (χ0v) is 18.9. The summed E-state index contributed by atoms with van der Waals surface area (Å²) < 4.78 is 14.5. The number of hydrogen-bond donors (Lipinski definition) is 1. The molecular weight excluding hydrogens is 437 g/mol. The fraction of sp³-hybridized carbons (Fsp3) is 0.304. The van der Waals surface area contributed by atoms with E-state index >= 15 is 0 Å². The Morgan fingerprint density at radius 3 is 2.53 bits per heavy atom. The Labute approximate surface area is 195 Å². The summed E-state index contributed by atoms with van der Waals surface area (Å²) >= 11 is 0. The minimum Gasteiger partial charge on any atom is -0.337 e. The van der Waals surface area contributed by atoms with Gasteiger partial charge in [0.15, 0.2) is 11.6 Å². The van der Waals surface area contributed by atoms with Gasteiger partial charge in [-0.25, -0.2) is 24.0 Å². The van der Waals surface area contributed by atoms with Gasteiger partial charge >= 0.3 is 0 Å². The van der Waals surface area contributed by atoms with Crippen LogP contribution in [0.3, 0.4) is 0 Å². The van der Waals surface area contributed by atoms with Crippen LogP contribution in [-0.4, -0.2) is 71.9 Å². The Hall–Kier alpha value is -4.15. The van der Waals surface area contributed by atoms with Gasteiger partial charge in [-0.2, -0.15) is 10.2 Å². The molecule has 0 atom stereocenters. The molecule has 1 amide bonds. The van der Waals surface area contributed by atoms with Crippen molar-refractivity contribution in [1.29, 1.82) is 0 Å². The smallest absolute Gasteiger partial charge is 0.255 e. The number of aryl methyl sites for hydroxylation is 2. The van der Waals surface area contributed by atoms with Crippen LogP contribution in [0, 0.1) is 19.7 Å². The van der Waals surface area contributed by atoms with Crippen molar-refractivity contribution in [2.45, 2.75) is 20.3 Å². The molecule has 0 spiro atoms. The predicted molar refractivity (Wildman–Crippen MR) is 122 cm³/mol. The molecule has 1 fully saturated rings. The largest absolute Gasteiger partial charge is 0.337 e. The van der Waals surface area contributed by atoms with E-state index in [1.54, 1.807) is 17.0 Å². The maximum absolute atomic E-state index is 13.2. The lowest BCUT2D eigenvalue weighted by Gasteiger charge is -2.35. The maximum atomic E-state index is 13.2. The third-order valence-corrected chi connectivity index (χ3v) is 5.65. The molecule has 174 valence electrons. The van der Waals surface area contributed by atoms with E-state index in [9.17, 15) is 9.18 Å². The van der Waals surface area contributed by atoms with Crippen molar-refractivity contribution in [3.63, 3.8) is 0 Å². The third kappa shape index (κ3) is 4.63. The van der Waals surface area contributed by atoms with E-state index in [4.69, 9.17) is 4.98 Å². The number of amides is 1. The van der Waals surface area contributed by atoms with Crippen molar-refractivity contribution in [2.24, 2.45) is 0 Å². The number of halogens is 1. The first kappa shape index (κ1) is 21.7. The van der Waals surface area contributed by atoms with Gasteiger partial charge in [-0.3, -0.25) is 9.89 Å². The zero-order chi connectivity index (χ0) is 23.7. The molecule has 0 aromatic carbocycles. The fourth-order valence-electron chi connectivity index (χ4n) is 3.97. The van der Waals surface area contributed by atoms with Crippen molar-refractivity contribution in [3.8, 4) is 5.82 Å². The number of rotatable bonds is 5. The monoisotopic (exact) mass is 461 g/mol. The van der Waals surface area contributed by atoms with Gasteiger partial charge in [-0.05, 0) is 38.1 Å². The van der Waals surface area contributed by atoms with Gasteiger partial charge in [0.2, 0.25) is 5.95 Å². The van der Waals surface area contributed by atoms with Crippen molar-refractivity contribution in [3.05, 3.63) is 77.0 Å². The Morgan fingerprint density at radius 2 is 1.88 bits per heavy atom. The highest BCUT2D eigenvalue weighted by atomic mass is 19.1. The average molecular weight is 462 g/mol. The van der Waals surface area contributed by atoms with Gasteiger partial charge in [-0.1, -0.05) is 0 Å². The summed E-state index contributed by atoms with van der Waals surface area (Å²) in [6.45, 7) is 6.30. The second-order valence-corrected chi connectivity index (χ2v) is 8.31. The number of piperazine rings is 1. The second-order valence-electron chi connectivity index (χ2n) is 8.31. The molecule has 10 nitrogen and oxygen atoms in total. The number of hydrogen-bond acceptors (Lipinski definition) is 7. The molecule has 1 aliphatic rings. The summed E-state index contributed by atoms with van der Waals surface area (Å²) in [4.78, 5) is 30.4. The lowest BCUT2D eigenvalue weighted by molar-refractivity contribution is 0.0745. The number of nitrogens with one attached hydrogen (secondary N) is 1. The van der Waals surface area contributed by atoms with Gasteiger partial charge in [-0.15, -0.1) is 0 Å². The van der Waals surface area contributed by atoms with Crippen LogP contribution >= 0.6 is 0 Å². The van der Waals surface area contributed by atoms with Gasteiger partial charge in [0.25, 0.3) is 5.91 Å². The summed E-state index contributed by atoms with van der Waals surface area (Å²) in [5.74, 6) is 0.584. The van der Waals surface area contributed by atoms with E-state index < -0.39 is 5.82 Å². The molecular formula is C23H24FN9O. The molecule has 4 aromatic heterocycles. The van der Waals surface area contributed by atoms with Crippen molar-refractivity contribution in [1.82, 2.24) is 39.8 Å². The van der Waals surface area contributed by atoms with Crippen molar-refractivity contribution < 1.29 is 9.18 Å². The van der Waals surface area contributed by atoms with Crippen molar-refractivity contribution >= 4 is 11.9 Å². The van der Waals surface area contributed by atoms with E-state index in [1.165, 1.54) is 17.1 Å². The van der Waals surface area contributed by atoms with Crippen LogP contribution in [0.4, 0.5) is 10.3 Å². The Bertz CT molecular complexity index is 1310. The van der Waals surface area contributed by atoms with Crippen LogP contribution < -0.4 is 4.90 Å². The molecule has 0 saturated carbocycles. The molecule has 11 heteroatoms. The quantitative estimate of drug-likeness (QED) is 0.485. The molecule has 0 bridgehead atoms. The second kappa shape index (κ2) is 9.00. The van der Waals surface area contributed by atoms with Crippen LogP contribution in [0.25, 0.3) is 5.82 Å². The molecule has 1 saturated heterocycles. The topological polar surface area (TPSA) is 109 Å². The molecule has 4 aromatic rings. The SMILES string of the molecule is Cc1cc(Cc2cc(C)[nH]n2)nc(N2CCN(C(=O)c3ccc(-n4cc(F)cn4)nc3)CC2)n1. The lowest BCUT2D eigenvalue weighted by atomic mass is 10.2. The van der Waals surface area contributed by atoms with Gasteiger partial charge < -0.3 is 9.80 Å². The number of aromatic amines is 1. The van der Waals surface area contributed by atoms with Gasteiger partial charge in [0.1, 0.15) is 0 Å². The number of pyridine rings is 1. The fourth-order valence-corrected chi connectivity index (χ4v) is 3.97. The number of aromatic nitrogens is 7. The molecule has 5 heterocycles. The summed E-state index contributed by atoms with van der Waals surface area (Å²) in [5, 5.41) is 11.1.